The number of hydrogen-bond acceptors (Lipinski definition) is 4. The molecule has 0 aliphatic heterocycles. The van der Waals surface area contributed by atoms with Crippen LogP contribution in [0.15, 0.2) is 18.2 Å². The van der Waals surface area contributed by atoms with E-state index in [1.165, 1.54) is 23.1 Å². The van der Waals surface area contributed by atoms with Crippen LogP contribution in [0.5, 0.6) is 0 Å². The number of rotatable bonds is 3. The van der Waals surface area contributed by atoms with Crippen LogP contribution in [0, 0.1) is 5.82 Å². The minimum Gasteiger partial charge on any atom is -0.375 e. The lowest BCUT2D eigenvalue weighted by atomic mass is 10.2. The van der Waals surface area contributed by atoms with Gasteiger partial charge in [0.25, 0.3) is 5.91 Å². The number of carbonyl (C=O) groups excluding carboxylic acids is 1. The van der Waals surface area contributed by atoms with Crippen LogP contribution in [0.2, 0.25) is 10.2 Å². The fourth-order valence-corrected chi connectivity index (χ4v) is 2.88. The number of nitrogens with two attached hydrogens (primary N) is 1. The molecule has 2 N–H and O–H groups in total. The third-order valence-corrected chi connectivity index (χ3v) is 4.18. The largest absolute Gasteiger partial charge is 0.375 e. The first-order valence-corrected chi connectivity index (χ1v) is 7.07. The highest BCUT2D eigenvalue weighted by Crippen LogP contribution is 2.27. The summed E-state index contributed by atoms with van der Waals surface area (Å²) in [6, 6.07) is 4.02. The second-order valence-electron chi connectivity index (χ2n) is 4.07. The summed E-state index contributed by atoms with van der Waals surface area (Å²) in [5.41, 5.74) is 6.14. The van der Waals surface area contributed by atoms with Gasteiger partial charge in [0.15, 0.2) is 10.3 Å². The molecule has 0 saturated heterocycles. The van der Waals surface area contributed by atoms with E-state index in [1.54, 1.807) is 7.05 Å². The molecule has 0 fully saturated rings. The molecule has 2 aromatic rings. The van der Waals surface area contributed by atoms with E-state index in [4.69, 9.17) is 28.9 Å². The molecule has 0 bridgehead atoms. The van der Waals surface area contributed by atoms with Crippen LogP contribution in [-0.2, 0) is 6.54 Å². The van der Waals surface area contributed by atoms with Gasteiger partial charge in [0.1, 0.15) is 10.7 Å². The summed E-state index contributed by atoms with van der Waals surface area (Å²) in [7, 11) is 1.59. The van der Waals surface area contributed by atoms with Crippen molar-refractivity contribution >= 4 is 45.6 Å². The standard InChI is InChI=1S/C12H10Cl2FN3OS/c1-18(5-6-2-3-7(15)4-8(6)13)11(19)9-10(14)17-12(16)20-9/h2-4H,5H2,1H3,(H2,16,17). The van der Waals surface area contributed by atoms with Crippen molar-refractivity contribution in [3.05, 3.63) is 44.6 Å². The van der Waals surface area contributed by atoms with Crippen molar-refractivity contribution in [1.82, 2.24) is 9.88 Å². The van der Waals surface area contributed by atoms with Crippen LogP contribution in [0.3, 0.4) is 0 Å². The second kappa shape index (κ2) is 5.95. The fraction of sp³-hybridized carbons (Fsp3) is 0.167. The lowest BCUT2D eigenvalue weighted by Crippen LogP contribution is -2.25. The Hall–Kier alpha value is -1.37. The summed E-state index contributed by atoms with van der Waals surface area (Å²) < 4.78 is 13.0. The maximum absolute atomic E-state index is 13.0. The van der Waals surface area contributed by atoms with Gasteiger partial charge in [-0.05, 0) is 17.7 Å². The van der Waals surface area contributed by atoms with Gasteiger partial charge in [0.2, 0.25) is 0 Å². The van der Waals surface area contributed by atoms with Crippen molar-refractivity contribution in [2.45, 2.75) is 6.54 Å². The molecule has 8 heteroatoms. The molecular formula is C12H10Cl2FN3OS. The van der Waals surface area contributed by atoms with Gasteiger partial charge < -0.3 is 10.6 Å². The molecule has 0 radical (unpaired) electrons. The quantitative estimate of drug-likeness (QED) is 0.935. The molecule has 1 aromatic carbocycles. The second-order valence-corrected chi connectivity index (χ2v) is 5.86. The summed E-state index contributed by atoms with van der Waals surface area (Å²) in [5.74, 6) is -0.740. The van der Waals surface area contributed by atoms with Gasteiger partial charge >= 0.3 is 0 Å². The number of amides is 1. The third kappa shape index (κ3) is 3.20. The third-order valence-electron chi connectivity index (χ3n) is 2.57. The topological polar surface area (TPSA) is 59.2 Å². The van der Waals surface area contributed by atoms with E-state index in [1.807, 2.05) is 0 Å². The Bertz CT molecular complexity index is 662. The number of carbonyl (C=O) groups is 1. The van der Waals surface area contributed by atoms with Crippen LogP contribution in [0.1, 0.15) is 15.2 Å². The van der Waals surface area contributed by atoms with Gasteiger partial charge in [-0.2, -0.15) is 0 Å². The van der Waals surface area contributed by atoms with Crippen molar-refractivity contribution in [2.75, 3.05) is 12.8 Å². The van der Waals surface area contributed by atoms with E-state index in [0.29, 0.717) is 5.56 Å². The predicted molar refractivity (Wildman–Crippen MR) is 78.7 cm³/mol. The molecule has 0 atom stereocenters. The first kappa shape index (κ1) is 15.0. The van der Waals surface area contributed by atoms with Gasteiger partial charge in [0, 0.05) is 18.6 Å². The zero-order chi connectivity index (χ0) is 14.9. The van der Waals surface area contributed by atoms with E-state index < -0.39 is 5.82 Å². The molecule has 1 heterocycles. The number of halogens is 3. The zero-order valence-electron chi connectivity index (χ0n) is 10.4. The van der Waals surface area contributed by atoms with E-state index in [-0.39, 0.29) is 32.6 Å². The number of aromatic nitrogens is 1. The van der Waals surface area contributed by atoms with Crippen molar-refractivity contribution < 1.29 is 9.18 Å². The molecule has 0 aliphatic rings. The van der Waals surface area contributed by atoms with Gasteiger partial charge in [-0.1, -0.05) is 40.6 Å². The Balaban J connectivity index is 2.17. The highest BCUT2D eigenvalue weighted by Gasteiger charge is 2.20. The van der Waals surface area contributed by atoms with Gasteiger partial charge in [-0.25, -0.2) is 9.37 Å². The summed E-state index contributed by atoms with van der Waals surface area (Å²) in [6.07, 6.45) is 0. The molecular weight excluding hydrogens is 324 g/mol. The van der Waals surface area contributed by atoms with Crippen LogP contribution < -0.4 is 5.73 Å². The first-order chi connectivity index (χ1) is 9.38. The SMILES string of the molecule is CN(Cc1ccc(F)cc1Cl)C(=O)c1sc(N)nc1Cl. The highest BCUT2D eigenvalue weighted by atomic mass is 35.5. The van der Waals surface area contributed by atoms with E-state index in [2.05, 4.69) is 4.98 Å². The van der Waals surface area contributed by atoms with Crippen LogP contribution >= 0.6 is 34.5 Å². The Morgan fingerprint density at radius 1 is 1.50 bits per heavy atom. The molecule has 2 rings (SSSR count). The molecule has 0 unspecified atom stereocenters. The van der Waals surface area contributed by atoms with Crippen molar-refractivity contribution in [1.29, 1.82) is 0 Å². The Morgan fingerprint density at radius 2 is 2.20 bits per heavy atom. The Morgan fingerprint density at radius 3 is 2.75 bits per heavy atom. The fourth-order valence-electron chi connectivity index (χ4n) is 1.60. The van der Waals surface area contributed by atoms with E-state index in [9.17, 15) is 9.18 Å². The number of anilines is 1. The van der Waals surface area contributed by atoms with Gasteiger partial charge in [0.05, 0.1) is 0 Å². The van der Waals surface area contributed by atoms with Crippen LogP contribution in [0.25, 0.3) is 0 Å². The van der Waals surface area contributed by atoms with Gasteiger partial charge in [-0.15, -0.1) is 0 Å². The summed E-state index contributed by atoms with van der Waals surface area (Å²) in [5, 5.41) is 0.570. The maximum Gasteiger partial charge on any atom is 0.267 e. The Labute approximate surface area is 128 Å². The van der Waals surface area contributed by atoms with Crippen LogP contribution in [0.4, 0.5) is 9.52 Å². The average Bonchev–Trinajstić information content (AvgIpc) is 2.71. The molecule has 1 aromatic heterocycles. The normalized spacial score (nSPS) is 10.6. The predicted octanol–water partition coefficient (Wildman–Crippen LogP) is 3.44. The molecule has 1 amide bonds. The molecule has 0 spiro atoms. The van der Waals surface area contributed by atoms with E-state index in [0.717, 1.165) is 11.3 Å². The molecule has 20 heavy (non-hydrogen) atoms. The molecule has 0 saturated carbocycles. The van der Waals surface area contributed by atoms with Crippen molar-refractivity contribution in [3.8, 4) is 0 Å². The number of benzene rings is 1. The number of thiazole rings is 1. The molecule has 0 aliphatic carbocycles. The number of nitrogen functional groups attached to an aromatic ring is 1. The lowest BCUT2D eigenvalue weighted by Gasteiger charge is -2.17. The molecule has 4 nitrogen and oxygen atoms in total. The van der Waals surface area contributed by atoms with Crippen LogP contribution in [-0.4, -0.2) is 22.8 Å². The highest BCUT2D eigenvalue weighted by molar-refractivity contribution is 7.17. The van der Waals surface area contributed by atoms with Crippen molar-refractivity contribution in [3.63, 3.8) is 0 Å². The summed E-state index contributed by atoms with van der Waals surface area (Å²) >= 11 is 12.8. The maximum atomic E-state index is 13.0. The number of hydrogen-bond donors (Lipinski definition) is 1. The Kier molecular flexibility index (Phi) is 4.47. The minimum atomic E-state index is -0.425. The summed E-state index contributed by atoms with van der Waals surface area (Å²) in [6.45, 7) is 0.228. The smallest absolute Gasteiger partial charge is 0.267 e. The van der Waals surface area contributed by atoms with Crippen molar-refractivity contribution in [2.24, 2.45) is 0 Å². The average molecular weight is 334 g/mol. The number of nitrogens with zero attached hydrogens (tertiary/aromatic N) is 2. The van der Waals surface area contributed by atoms with Gasteiger partial charge in [-0.3, -0.25) is 4.79 Å². The zero-order valence-corrected chi connectivity index (χ0v) is 12.7. The molecule has 106 valence electrons. The monoisotopic (exact) mass is 333 g/mol. The first-order valence-electron chi connectivity index (χ1n) is 5.49. The minimum absolute atomic E-state index is 0.0783. The summed E-state index contributed by atoms with van der Waals surface area (Å²) in [4.78, 5) is 17.7. The van der Waals surface area contributed by atoms with E-state index >= 15 is 0 Å². The lowest BCUT2D eigenvalue weighted by molar-refractivity contribution is 0.0790.